The molecule has 136 valence electrons. The SMILES string of the molecule is CC(=O)c1cccc(NS(=O)(=O)c2ccc3c(c2)NC(=O)C[C@H](C)S3)c1. The van der Waals surface area contributed by atoms with Gasteiger partial charge in [-0.2, -0.15) is 0 Å². The van der Waals surface area contributed by atoms with Gasteiger partial charge in [0, 0.05) is 27.8 Å². The van der Waals surface area contributed by atoms with Crippen molar-refractivity contribution in [2.45, 2.75) is 35.3 Å². The van der Waals surface area contributed by atoms with Gasteiger partial charge in [0.05, 0.1) is 10.6 Å². The van der Waals surface area contributed by atoms with Crippen LogP contribution in [0.15, 0.2) is 52.3 Å². The Hall–Kier alpha value is -2.32. The molecule has 2 aromatic carbocycles. The van der Waals surface area contributed by atoms with Gasteiger partial charge in [-0.15, -0.1) is 11.8 Å². The van der Waals surface area contributed by atoms with Crippen LogP contribution in [0.2, 0.25) is 0 Å². The second-order valence-electron chi connectivity index (χ2n) is 6.08. The maximum atomic E-state index is 12.7. The zero-order valence-corrected chi connectivity index (χ0v) is 15.9. The first kappa shape index (κ1) is 18.5. The molecule has 0 aromatic heterocycles. The van der Waals surface area contributed by atoms with E-state index in [4.69, 9.17) is 0 Å². The number of hydrogen-bond acceptors (Lipinski definition) is 5. The van der Waals surface area contributed by atoms with Crippen LogP contribution in [0.1, 0.15) is 30.6 Å². The van der Waals surface area contributed by atoms with Crippen LogP contribution in [-0.2, 0) is 14.8 Å². The molecule has 0 unspecified atom stereocenters. The van der Waals surface area contributed by atoms with E-state index in [0.29, 0.717) is 23.4 Å². The summed E-state index contributed by atoms with van der Waals surface area (Å²) in [6.07, 6.45) is 0.373. The Balaban J connectivity index is 1.92. The highest BCUT2D eigenvalue weighted by atomic mass is 32.2. The van der Waals surface area contributed by atoms with Crippen molar-refractivity contribution in [3.8, 4) is 0 Å². The van der Waals surface area contributed by atoms with Gasteiger partial charge in [-0.3, -0.25) is 14.3 Å². The monoisotopic (exact) mass is 390 g/mol. The number of thioether (sulfide) groups is 1. The molecule has 0 saturated heterocycles. The third kappa shape index (κ3) is 4.08. The highest BCUT2D eigenvalue weighted by Gasteiger charge is 2.22. The minimum Gasteiger partial charge on any atom is -0.325 e. The lowest BCUT2D eigenvalue weighted by molar-refractivity contribution is -0.116. The molecule has 3 rings (SSSR count). The average molecular weight is 390 g/mol. The van der Waals surface area contributed by atoms with Gasteiger partial charge in [0.2, 0.25) is 5.91 Å². The minimum atomic E-state index is -3.85. The molecule has 1 aliphatic heterocycles. The predicted octanol–water partition coefficient (Wildman–Crippen LogP) is 3.51. The Morgan fingerprint density at radius 2 is 2.00 bits per heavy atom. The van der Waals surface area contributed by atoms with Crippen molar-refractivity contribution < 1.29 is 18.0 Å². The molecule has 6 nitrogen and oxygen atoms in total. The van der Waals surface area contributed by atoms with Crippen molar-refractivity contribution in [2.75, 3.05) is 10.0 Å². The van der Waals surface area contributed by atoms with Crippen LogP contribution < -0.4 is 10.0 Å². The molecule has 1 amide bonds. The molecule has 0 spiro atoms. The lowest BCUT2D eigenvalue weighted by Crippen LogP contribution is -2.15. The molecule has 0 radical (unpaired) electrons. The molecule has 2 N–H and O–H groups in total. The molecule has 0 bridgehead atoms. The van der Waals surface area contributed by atoms with E-state index in [0.717, 1.165) is 4.90 Å². The number of carbonyl (C=O) groups is 2. The van der Waals surface area contributed by atoms with Crippen LogP contribution >= 0.6 is 11.8 Å². The van der Waals surface area contributed by atoms with Crippen LogP contribution in [0, 0.1) is 0 Å². The fourth-order valence-electron chi connectivity index (χ4n) is 2.61. The third-order valence-corrected chi connectivity index (χ3v) is 6.42. The second kappa shape index (κ2) is 7.13. The summed E-state index contributed by atoms with van der Waals surface area (Å²) >= 11 is 1.53. The van der Waals surface area contributed by atoms with Crippen LogP contribution in [0.3, 0.4) is 0 Å². The first-order chi connectivity index (χ1) is 12.2. The quantitative estimate of drug-likeness (QED) is 0.780. The van der Waals surface area contributed by atoms with Gasteiger partial charge in [0.15, 0.2) is 5.78 Å². The third-order valence-electron chi connectivity index (χ3n) is 3.86. The number of amides is 1. The maximum absolute atomic E-state index is 12.7. The van der Waals surface area contributed by atoms with E-state index in [1.165, 1.54) is 36.9 Å². The Labute approximate surface area is 156 Å². The van der Waals surface area contributed by atoms with Gasteiger partial charge in [0.25, 0.3) is 10.0 Å². The Bertz CT molecular complexity index is 986. The number of fused-ring (bicyclic) bond motifs is 1. The summed E-state index contributed by atoms with van der Waals surface area (Å²) in [6, 6.07) is 11.0. The van der Waals surface area contributed by atoms with E-state index < -0.39 is 10.0 Å². The van der Waals surface area contributed by atoms with Crippen LogP contribution in [0.5, 0.6) is 0 Å². The summed E-state index contributed by atoms with van der Waals surface area (Å²) in [5.41, 5.74) is 1.22. The summed E-state index contributed by atoms with van der Waals surface area (Å²) < 4.78 is 27.8. The number of anilines is 2. The van der Waals surface area contributed by atoms with Crippen molar-refractivity contribution in [1.82, 2.24) is 0 Å². The number of carbonyl (C=O) groups excluding carboxylic acids is 2. The zero-order valence-electron chi connectivity index (χ0n) is 14.3. The van der Waals surface area contributed by atoms with Crippen molar-refractivity contribution >= 4 is 44.9 Å². The smallest absolute Gasteiger partial charge is 0.261 e. The molecule has 26 heavy (non-hydrogen) atoms. The van der Waals surface area contributed by atoms with Gasteiger partial charge in [0.1, 0.15) is 0 Å². The summed E-state index contributed by atoms with van der Waals surface area (Å²) in [5.74, 6) is -0.287. The van der Waals surface area contributed by atoms with Gasteiger partial charge in [-0.1, -0.05) is 19.1 Å². The van der Waals surface area contributed by atoms with Gasteiger partial charge in [-0.25, -0.2) is 8.42 Å². The molecule has 0 aliphatic carbocycles. The molecular weight excluding hydrogens is 372 g/mol. The summed E-state index contributed by atoms with van der Waals surface area (Å²) in [5, 5.41) is 2.87. The molecule has 1 aliphatic rings. The Morgan fingerprint density at radius 3 is 2.73 bits per heavy atom. The standard InChI is InChI=1S/C18H18N2O4S2/c1-11-8-18(22)19-16-10-15(6-7-17(16)25-11)26(23,24)20-14-5-3-4-13(9-14)12(2)21/h3-7,9-11,20H,8H2,1-2H3,(H,19,22)/t11-/m0/s1. The summed E-state index contributed by atoms with van der Waals surface area (Å²) in [7, 11) is -3.85. The first-order valence-corrected chi connectivity index (χ1v) is 10.4. The fourth-order valence-corrected chi connectivity index (χ4v) is 4.74. The average Bonchev–Trinajstić information content (AvgIpc) is 2.70. The van der Waals surface area contributed by atoms with Crippen LogP contribution in [0.4, 0.5) is 11.4 Å². The number of benzene rings is 2. The van der Waals surface area contributed by atoms with Crippen molar-refractivity contribution in [2.24, 2.45) is 0 Å². The van der Waals surface area contributed by atoms with Crippen molar-refractivity contribution in [3.05, 3.63) is 48.0 Å². The number of sulfonamides is 1. The van der Waals surface area contributed by atoms with E-state index >= 15 is 0 Å². The topological polar surface area (TPSA) is 92.3 Å². The van der Waals surface area contributed by atoms with E-state index in [9.17, 15) is 18.0 Å². The highest BCUT2D eigenvalue weighted by Crippen LogP contribution is 2.36. The van der Waals surface area contributed by atoms with Gasteiger partial charge < -0.3 is 5.32 Å². The van der Waals surface area contributed by atoms with E-state index in [1.54, 1.807) is 24.3 Å². The van der Waals surface area contributed by atoms with Crippen molar-refractivity contribution in [1.29, 1.82) is 0 Å². The second-order valence-corrected chi connectivity index (χ2v) is 9.24. The number of rotatable bonds is 4. The first-order valence-electron chi connectivity index (χ1n) is 7.99. The van der Waals surface area contributed by atoms with Crippen molar-refractivity contribution in [3.63, 3.8) is 0 Å². The molecule has 0 fully saturated rings. The number of nitrogens with one attached hydrogen (secondary N) is 2. The minimum absolute atomic E-state index is 0.0416. The molecule has 2 aromatic rings. The lowest BCUT2D eigenvalue weighted by Gasteiger charge is -2.12. The van der Waals surface area contributed by atoms with Gasteiger partial charge in [-0.05, 0) is 37.3 Å². The van der Waals surface area contributed by atoms with E-state index in [-0.39, 0.29) is 21.8 Å². The number of Topliss-reactive ketones (excluding diaryl/α,β-unsaturated/α-hetero) is 1. The number of hydrogen-bond donors (Lipinski definition) is 2. The molecule has 0 saturated carbocycles. The Kier molecular flexibility index (Phi) is 5.06. The fraction of sp³-hybridized carbons (Fsp3) is 0.222. The zero-order chi connectivity index (χ0) is 18.9. The lowest BCUT2D eigenvalue weighted by atomic mass is 10.1. The molecule has 1 heterocycles. The molecular formula is C18H18N2O4S2. The summed E-state index contributed by atoms with van der Waals surface area (Å²) in [4.78, 5) is 24.2. The largest absolute Gasteiger partial charge is 0.325 e. The predicted molar refractivity (Wildman–Crippen MR) is 102 cm³/mol. The highest BCUT2D eigenvalue weighted by molar-refractivity contribution is 8.00. The summed E-state index contributed by atoms with van der Waals surface area (Å²) in [6.45, 7) is 3.37. The number of ketones is 1. The maximum Gasteiger partial charge on any atom is 0.261 e. The van der Waals surface area contributed by atoms with Gasteiger partial charge >= 0.3 is 0 Å². The molecule has 8 heteroatoms. The normalized spacial score (nSPS) is 17.0. The molecule has 1 atom stereocenters. The van der Waals surface area contributed by atoms with E-state index in [2.05, 4.69) is 10.0 Å². The van der Waals surface area contributed by atoms with Crippen LogP contribution in [0.25, 0.3) is 0 Å². The Morgan fingerprint density at radius 1 is 1.23 bits per heavy atom. The van der Waals surface area contributed by atoms with Crippen LogP contribution in [-0.4, -0.2) is 25.4 Å². The van der Waals surface area contributed by atoms with E-state index in [1.807, 2.05) is 6.92 Å².